The summed E-state index contributed by atoms with van der Waals surface area (Å²) in [5.41, 5.74) is 0. The van der Waals surface area contributed by atoms with Crippen molar-refractivity contribution in [2.45, 2.75) is 0 Å². The van der Waals surface area contributed by atoms with Gasteiger partial charge in [0.25, 0.3) is 0 Å². The Morgan fingerprint density at radius 3 is 1.14 bits per heavy atom. The molecule has 0 N–H and O–H groups in total. The summed E-state index contributed by atoms with van der Waals surface area (Å²) >= 11 is 0. The fourth-order valence-electron chi connectivity index (χ4n) is 0. The molecule has 0 aliphatic rings. The quantitative estimate of drug-likeness (QED) is 0.277. The number of hydrogen-bond donors (Lipinski definition) is 0. The average molecular weight is 203 g/mol. The molecule has 0 aliphatic heterocycles. The van der Waals surface area contributed by atoms with E-state index in [1.54, 1.807) is 0 Å². The molecule has 0 aromatic rings. The zero-order valence-corrected chi connectivity index (χ0v) is 6.10. The SMILES string of the molecule is O=S(=O)([O-])[O-].[Cr+3].[Mn+2]. The van der Waals surface area contributed by atoms with Crippen molar-refractivity contribution in [3.8, 4) is 0 Å². The molecule has 0 aromatic heterocycles. The molecule has 0 amide bonds. The minimum absolute atomic E-state index is 0. The molecule has 0 aromatic carbocycles. The van der Waals surface area contributed by atoms with Crippen LogP contribution in [0, 0.1) is 0 Å². The van der Waals surface area contributed by atoms with E-state index in [1.807, 2.05) is 0 Å². The minimum Gasteiger partial charge on any atom is -0.759 e. The molecule has 0 saturated heterocycles. The molecule has 0 unspecified atom stereocenters. The van der Waals surface area contributed by atoms with E-state index >= 15 is 0 Å². The Bertz CT molecular complexity index is 94.9. The predicted molar refractivity (Wildman–Crippen MR) is 10.5 cm³/mol. The average Bonchev–Trinajstić information content (AvgIpc) is 0.722. The third-order valence-corrected chi connectivity index (χ3v) is 0. The molecule has 40 valence electrons. The first-order valence-corrected chi connectivity index (χ1v) is 2.00. The van der Waals surface area contributed by atoms with Crippen molar-refractivity contribution in [1.29, 1.82) is 0 Å². The predicted octanol–water partition coefficient (Wildman–Crippen LogP) is -1.34. The van der Waals surface area contributed by atoms with Gasteiger partial charge in [0.1, 0.15) is 0 Å². The maximum Gasteiger partial charge on any atom is 3.00 e. The molecule has 4 nitrogen and oxygen atoms in total. The summed E-state index contributed by atoms with van der Waals surface area (Å²) in [5.74, 6) is 0. The topological polar surface area (TPSA) is 80.3 Å². The molecular formula is CrMnO4S+3. The van der Waals surface area contributed by atoms with Gasteiger partial charge >= 0.3 is 34.4 Å². The van der Waals surface area contributed by atoms with E-state index in [0.29, 0.717) is 0 Å². The van der Waals surface area contributed by atoms with E-state index in [0.717, 1.165) is 0 Å². The summed E-state index contributed by atoms with van der Waals surface area (Å²) in [7, 11) is -5.17. The van der Waals surface area contributed by atoms with Crippen molar-refractivity contribution in [2.24, 2.45) is 0 Å². The van der Waals surface area contributed by atoms with Gasteiger partial charge < -0.3 is 9.11 Å². The molecule has 0 rings (SSSR count). The first-order chi connectivity index (χ1) is 2.00. The van der Waals surface area contributed by atoms with Crippen molar-refractivity contribution in [2.75, 3.05) is 0 Å². The second-order valence-corrected chi connectivity index (χ2v) is 1.22. The summed E-state index contributed by atoms with van der Waals surface area (Å²) in [5, 5.41) is 0. The van der Waals surface area contributed by atoms with Crippen molar-refractivity contribution in [3.05, 3.63) is 0 Å². The molecule has 0 aliphatic carbocycles. The van der Waals surface area contributed by atoms with Gasteiger partial charge in [0.15, 0.2) is 0 Å². The van der Waals surface area contributed by atoms with Crippen LogP contribution in [0.3, 0.4) is 0 Å². The number of rotatable bonds is 0. The summed E-state index contributed by atoms with van der Waals surface area (Å²) in [4.78, 5) is 0. The third-order valence-electron chi connectivity index (χ3n) is 0. The summed E-state index contributed by atoms with van der Waals surface area (Å²) in [6.07, 6.45) is 0. The minimum atomic E-state index is -5.17. The van der Waals surface area contributed by atoms with Crippen molar-refractivity contribution in [3.63, 3.8) is 0 Å². The molecule has 0 saturated carbocycles. The zero-order chi connectivity index (χ0) is 4.50. The van der Waals surface area contributed by atoms with Gasteiger partial charge in [-0.1, -0.05) is 0 Å². The first kappa shape index (κ1) is 15.7. The van der Waals surface area contributed by atoms with E-state index < -0.39 is 10.4 Å². The Morgan fingerprint density at radius 1 is 1.14 bits per heavy atom. The Kier molecular flexibility index (Phi) is 11.3. The maximum absolute atomic E-state index is 8.52. The van der Waals surface area contributed by atoms with Crippen LogP contribution in [-0.4, -0.2) is 17.5 Å². The van der Waals surface area contributed by atoms with E-state index in [2.05, 4.69) is 0 Å². The Labute approximate surface area is 62.5 Å². The molecule has 7 heteroatoms. The standard InChI is InChI=1S/Cr.Mn.H2O4S/c;;1-5(2,3)4/h;;(H2,1,2,3,4)/q+3;+2;/p-2. The van der Waals surface area contributed by atoms with Gasteiger partial charge in [-0.2, -0.15) is 0 Å². The van der Waals surface area contributed by atoms with Gasteiger partial charge in [0.2, 0.25) is 0 Å². The number of hydrogen-bond acceptors (Lipinski definition) is 4. The van der Waals surface area contributed by atoms with Crippen LogP contribution in [0.2, 0.25) is 0 Å². The van der Waals surface area contributed by atoms with Gasteiger partial charge in [-0.25, -0.2) is 0 Å². The monoisotopic (exact) mass is 203 g/mol. The van der Waals surface area contributed by atoms with Crippen LogP contribution >= 0.6 is 0 Å². The molecule has 2 radical (unpaired) electrons. The zero-order valence-electron chi connectivity index (χ0n) is 2.83. The largest absolute Gasteiger partial charge is 3.00 e. The molecule has 7 heavy (non-hydrogen) atoms. The molecular weight excluding hydrogens is 203 g/mol. The normalized spacial score (nSPS) is 8.29. The molecule has 0 fully saturated rings. The van der Waals surface area contributed by atoms with Gasteiger partial charge in [-0.15, -0.1) is 0 Å². The third kappa shape index (κ3) is 197. The van der Waals surface area contributed by atoms with Gasteiger partial charge in [-0.3, -0.25) is 8.42 Å². The Morgan fingerprint density at radius 2 is 1.14 bits per heavy atom. The van der Waals surface area contributed by atoms with Gasteiger partial charge in [0, 0.05) is 10.4 Å². The van der Waals surface area contributed by atoms with E-state index in [-0.39, 0.29) is 34.4 Å². The molecule has 0 heterocycles. The van der Waals surface area contributed by atoms with E-state index in [4.69, 9.17) is 17.5 Å². The fourth-order valence-corrected chi connectivity index (χ4v) is 0. The second kappa shape index (κ2) is 5.07. The smallest absolute Gasteiger partial charge is 0.759 e. The first-order valence-electron chi connectivity index (χ1n) is 0.667. The summed E-state index contributed by atoms with van der Waals surface area (Å²) in [6, 6.07) is 0. The van der Waals surface area contributed by atoms with Crippen LogP contribution in [0.4, 0.5) is 0 Å². The summed E-state index contributed by atoms with van der Waals surface area (Å²) in [6.45, 7) is 0. The van der Waals surface area contributed by atoms with Crippen LogP contribution in [-0.2, 0) is 44.8 Å². The second-order valence-electron chi connectivity index (χ2n) is 0.408. The van der Waals surface area contributed by atoms with Crippen molar-refractivity contribution >= 4 is 10.4 Å². The van der Waals surface area contributed by atoms with Crippen LogP contribution in [0.5, 0.6) is 0 Å². The fraction of sp³-hybridized carbons (Fsp3) is 0. The molecule has 0 atom stereocenters. The van der Waals surface area contributed by atoms with Crippen LogP contribution in [0.25, 0.3) is 0 Å². The van der Waals surface area contributed by atoms with E-state index in [9.17, 15) is 0 Å². The summed E-state index contributed by atoms with van der Waals surface area (Å²) < 4.78 is 34.1. The van der Waals surface area contributed by atoms with Crippen LogP contribution in [0.15, 0.2) is 0 Å². The van der Waals surface area contributed by atoms with Crippen LogP contribution < -0.4 is 0 Å². The molecule has 0 bridgehead atoms. The van der Waals surface area contributed by atoms with E-state index in [1.165, 1.54) is 0 Å². The van der Waals surface area contributed by atoms with Gasteiger partial charge in [-0.05, 0) is 0 Å². The molecule has 0 spiro atoms. The van der Waals surface area contributed by atoms with Crippen molar-refractivity contribution < 1.29 is 52.0 Å². The van der Waals surface area contributed by atoms with Crippen LogP contribution in [0.1, 0.15) is 0 Å². The van der Waals surface area contributed by atoms with Crippen molar-refractivity contribution in [1.82, 2.24) is 0 Å². The van der Waals surface area contributed by atoms with Gasteiger partial charge in [0.05, 0.1) is 0 Å². The Balaban J connectivity index is -0.0000000800. The Hall–Kier alpha value is 0.922. The maximum atomic E-state index is 8.52.